The molecule has 0 unspecified atom stereocenters. The number of nitrogens with zero attached hydrogens (tertiary/aromatic N) is 2. The Balaban J connectivity index is 2.15. The standard InChI is InChI=1S/C13H8F2N2O/c14-9-3-4-11(10(15)7-9)17-12(18)6-8-2-1-5-16-13(8)17/h1-5,7H,6H2. The fraction of sp³-hybridized carbons (Fsp3) is 0.0769. The zero-order valence-electron chi connectivity index (χ0n) is 9.23. The third kappa shape index (κ3) is 1.55. The highest BCUT2D eigenvalue weighted by Crippen LogP contribution is 2.34. The highest BCUT2D eigenvalue weighted by atomic mass is 19.1. The Morgan fingerprint density at radius 1 is 1.22 bits per heavy atom. The Morgan fingerprint density at radius 3 is 2.83 bits per heavy atom. The van der Waals surface area contributed by atoms with Gasteiger partial charge in [0.25, 0.3) is 0 Å². The van der Waals surface area contributed by atoms with Crippen molar-refractivity contribution in [1.82, 2.24) is 4.98 Å². The Kier molecular flexibility index (Phi) is 2.33. The van der Waals surface area contributed by atoms with E-state index in [1.54, 1.807) is 12.1 Å². The first-order valence-corrected chi connectivity index (χ1v) is 5.39. The lowest BCUT2D eigenvalue weighted by Crippen LogP contribution is -2.22. The van der Waals surface area contributed by atoms with E-state index in [1.807, 2.05) is 0 Å². The van der Waals surface area contributed by atoms with Gasteiger partial charge in [-0.05, 0) is 18.2 Å². The van der Waals surface area contributed by atoms with Crippen molar-refractivity contribution in [3.05, 3.63) is 53.7 Å². The van der Waals surface area contributed by atoms with Gasteiger partial charge < -0.3 is 0 Å². The van der Waals surface area contributed by atoms with Crippen LogP contribution in [0.3, 0.4) is 0 Å². The van der Waals surface area contributed by atoms with Crippen LogP contribution in [0.25, 0.3) is 0 Å². The van der Waals surface area contributed by atoms with E-state index in [0.717, 1.165) is 17.7 Å². The summed E-state index contributed by atoms with van der Waals surface area (Å²) in [5.74, 6) is -1.31. The summed E-state index contributed by atoms with van der Waals surface area (Å²) in [6, 6.07) is 6.60. The number of rotatable bonds is 1. The molecule has 0 radical (unpaired) electrons. The first-order chi connectivity index (χ1) is 8.66. The molecule has 1 aromatic carbocycles. The summed E-state index contributed by atoms with van der Waals surface area (Å²) >= 11 is 0. The highest BCUT2D eigenvalue weighted by Gasteiger charge is 2.31. The second-order valence-corrected chi connectivity index (χ2v) is 3.99. The van der Waals surface area contributed by atoms with Crippen molar-refractivity contribution in [1.29, 1.82) is 0 Å². The average molecular weight is 246 g/mol. The van der Waals surface area contributed by atoms with Crippen molar-refractivity contribution >= 4 is 17.4 Å². The average Bonchev–Trinajstić information content (AvgIpc) is 2.66. The van der Waals surface area contributed by atoms with Crippen LogP contribution < -0.4 is 4.90 Å². The van der Waals surface area contributed by atoms with E-state index in [4.69, 9.17) is 0 Å². The number of carbonyl (C=O) groups excluding carboxylic acids is 1. The zero-order chi connectivity index (χ0) is 12.7. The first kappa shape index (κ1) is 10.8. The number of hydrogen-bond donors (Lipinski definition) is 0. The van der Waals surface area contributed by atoms with Gasteiger partial charge in [-0.15, -0.1) is 0 Å². The summed E-state index contributed by atoms with van der Waals surface area (Å²) in [5.41, 5.74) is 0.769. The summed E-state index contributed by atoms with van der Waals surface area (Å²) in [7, 11) is 0. The van der Waals surface area contributed by atoms with Gasteiger partial charge in [0.15, 0.2) is 0 Å². The summed E-state index contributed by atoms with van der Waals surface area (Å²) < 4.78 is 26.6. The fourth-order valence-corrected chi connectivity index (χ4v) is 2.04. The molecule has 0 saturated heterocycles. The van der Waals surface area contributed by atoms with Crippen LogP contribution >= 0.6 is 0 Å². The molecule has 3 rings (SSSR count). The monoisotopic (exact) mass is 246 g/mol. The van der Waals surface area contributed by atoms with E-state index >= 15 is 0 Å². The topological polar surface area (TPSA) is 33.2 Å². The van der Waals surface area contributed by atoms with Crippen LogP contribution in [0.1, 0.15) is 5.56 Å². The number of pyridine rings is 1. The SMILES string of the molecule is O=C1Cc2cccnc2N1c1ccc(F)cc1F. The van der Waals surface area contributed by atoms with Gasteiger partial charge in [0, 0.05) is 17.8 Å². The molecule has 1 aliphatic heterocycles. The predicted molar refractivity (Wildman–Crippen MR) is 61.4 cm³/mol. The maximum atomic E-state index is 13.7. The van der Waals surface area contributed by atoms with Gasteiger partial charge >= 0.3 is 0 Å². The molecule has 0 atom stereocenters. The van der Waals surface area contributed by atoms with E-state index in [2.05, 4.69) is 4.98 Å². The smallest absolute Gasteiger partial charge is 0.237 e. The number of benzene rings is 1. The van der Waals surface area contributed by atoms with Crippen molar-refractivity contribution in [2.24, 2.45) is 0 Å². The molecule has 0 spiro atoms. The van der Waals surface area contributed by atoms with E-state index in [0.29, 0.717) is 5.82 Å². The first-order valence-electron chi connectivity index (χ1n) is 5.39. The largest absolute Gasteiger partial charge is 0.274 e. The maximum absolute atomic E-state index is 13.7. The second kappa shape index (κ2) is 3.87. The van der Waals surface area contributed by atoms with Crippen LogP contribution in [-0.4, -0.2) is 10.9 Å². The molecule has 90 valence electrons. The fourth-order valence-electron chi connectivity index (χ4n) is 2.04. The molecule has 1 amide bonds. The third-order valence-electron chi connectivity index (χ3n) is 2.82. The second-order valence-electron chi connectivity index (χ2n) is 3.99. The molecular weight excluding hydrogens is 238 g/mol. The predicted octanol–water partition coefficient (Wildman–Crippen LogP) is 2.58. The molecule has 1 aromatic heterocycles. The van der Waals surface area contributed by atoms with Gasteiger partial charge in [-0.2, -0.15) is 0 Å². The molecule has 1 aliphatic rings. The van der Waals surface area contributed by atoms with Crippen LogP contribution in [0.5, 0.6) is 0 Å². The van der Waals surface area contributed by atoms with Gasteiger partial charge in [0.05, 0.1) is 12.1 Å². The van der Waals surface area contributed by atoms with Gasteiger partial charge in [0.2, 0.25) is 5.91 Å². The highest BCUT2D eigenvalue weighted by molar-refractivity contribution is 6.06. The van der Waals surface area contributed by atoms with E-state index in [-0.39, 0.29) is 18.0 Å². The number of fused-ring (bicyclic) bond motifs is 1. The van der Waals surface area contributed by atoms with E-state index < -0.39 is 11.6 Å². The summed E-state index contributed by atoms with van der Waals surface area (Å²) in [5, 5.41) is 0. The summed E-state index contributed by atoms with van der Waals surface area (Å²) in [6.45, 7) is 0. The molecule has 3 nitrogen and oxygen atoms in total. The quantitative estimate of drug-likeness (QED) is 0.774. The van der Waals surface area contributed by atoms with Crippen LogP contribution in [0.2, 0.25) is 0 Å². The number of amides is 1. The molecule has 2 heterocycles. The molecule has 5 heteroatoms. The Labute approximate surface area is 102 Å². The van der Waals surface area contributed by atoms with Crippen LogP contribution in [-0.2, 0) is 11.2 Å². The molecular formula is C13H8F2N2O. The third-order valence-corrected chi connectivity index (χ3v) is 2.82. The molecule has 0 saturated carbocycles. The molecule has 0 bridgehead atoms. The van der Waals surface area contributed by atoms with Crippen molar-refractivity contribution < 1.29 is 13.6 Å². The van der Waals surface area contributed by atoms with Crippen molar-refractivity contribution in [3.8, 4) is 0 Å². The molecule has 0 fully saturated rings. The minimum atomic E-state index is -0.776. The minimum Gasteiger partial charge on any atom is -0.274 e. The Morgan fingerprint density at radius 2 is 2.06 bits per heavy atom. The molecule has 0 N–H and O–H groups in total. The maximum Gasteiger partial charge on any atom is 0.237 e. The minimum absolute atomic E-state index is 0.0267. The van der Waals surface area contributed by atoms with Gasteiger partial charge in [-0.1, -0.05) is 6.07 Å². The van der Waals surface area contributed by atoms with Crippen molar-refractivity contribution in [2.75, 3.05) is 4.90 Å². The van der Waals surface area contributed by atoms with Crippen molar-refractivity contribution in [2.45, 2.75) is 6.42 Å². The van der Waals surface area contributed by atoms with Crippen LogP contribution in [0.15, 0.2) is 36.5 Å². The number of halogens is 2. The molecule has 18 heavy (non-hydrogen) atoms. The number of anilines is 2. The molecule has 2 aromatic rings. The van der Waals surface area contributed by atoms with Crippen LogP contribution in [0.4, 0.5) is 20.3 Å². The Bertz CT molecular complexity index is 643. The summed E-state index contributed by atoms with van der Waals surface area (Å²) in [4.78, 5) is 17.2. The van der Waals surface area contributed by atoms with E-state index in [9.17, 15) is 13.6 Å². The lowest BCUT2D eigenvalue weighted by atomic mass is 10.2. The number of hydrogen-bond acceptors (Lipinski definition) is 2. The lowest BCUT2D eigenvalue weighted by Gasteiger charge is -2.16. The van der Waals surface area contributed by atoms with Crippen LogP contribution in [0, 0.1) is 11.6 Å². The number of carbonyl (C=O) groups is 1. The van der Waals surface area contributed by atoms with Gasteiger partial charge in [-0.3, -0.25) is 9.69 Å². The molecule has 0 aliphatic carbocycles. The van der Waals surface area contributed by atoms with Crippen molar-refractivity contribution in [3.63, 3.8) is 0 Å². The van der Waals surface area contributed by atoms with Gasteiger partial charge in [-0.25, -0.2) is 13.8 Å². The van der Waals surface area contributed by atoms with Gasteiger partial charge in [0.1, 0.15) is 17.5 Å². The Hall–Kier alpha value is -2.30. The zero-order valence-corrected chi connectivity index (χ0v) is 9.23. The lowest BCUT2D eigenvalue weighted by molar-refractivity contribution is -0.116. The normalized spacial score (nSPS) is 13.9. The summed E-state index contributed by atoms with van der Waals surface area (Å²) in [6.07, 6.45) is 1.71. The van der Waals surface area contributed by atoms with E-state index in [1.165, 1.54) is 17.2 Å². The number of aromatic nitrogens is 1.